The van der Waals surface area contributed by atoms with E-state index >= 15 is 0 Å². The van der Waals surface area contributed by atoms with Crippen molar-refractivity contribution in [3.63, 3.8) is 0 Å². The molecule has 0 saturated carbocycles. The Balaban J connectivity index is 2.05. The van der Waals surface area contributed by atoms with Gasteiger partial charge in [-0.2, -0.15) is 5.10 Å². The van der Waals surface area contributed by atoms with Crippen molar-refractivity contribution in [3.8, 4) is 5.75 Å². The van der Waals surface area contributed by atoms with Crippen molar-refractivity contribution < 1.29 is 9.90 Å². The van der Waals surface area contributed by atoms with Crippen LogP contribution in [0.1, 0.15) is 21.5 Å². The highest BCUT2D eigenvalue weighted by atomic mass is 79.9. The monoisotopic (exact) mass is 332 g/mol. The molecule has 0 heterocycles. The Bertz CT molecular complexity index is 651. The summed E-state index contributed by atoms with van der Waals surface area (Å²) in [5.74, 6) is -0.552. The van der Waals surface area contributed by atoms with E-state index in [1.54, 1.807) is 12.3 Å². The minimum atomic E-state index is -0.466. The van der Waals surface area contributed by atoms with Crippen LogP contribution in [0, 0.1) is 6.92 Å². The van der Waals surface area contributed by atoms with Gasteiger partial charge in [-0.25, -0.2) is 5.43 Å². The summed E-state index contributed by atoms with van der Waals surface area (Å²) in [4.78, 5) is 11.9. The highest BCUT2D eigenvalue weighted by molar-refractivity contribution is 9.10. The molecule has 2 aromatic rings. The van der Waals surface area contributed by atoms with Gasteiger partial charge in [0.15, 0.2) is 0 Å². The number of carbonyl (C=O) groups is 1. The molecule has 4 nitrogen and oxygen atoms in total. The number of aryl methyl sites for hydroxylation is 1. The number of halogens is 1. The molecule has 0 aromatic heterocycles. The number of aromatic hydroxyl groups is 1. The molecule has 0 atom stereocenters. The quantitative estimate of drug-likeness (QED) is 0.669. The van der Waals surface area contributed by atoms with Gasteiger partial charge in [-0.05, 0) is 30.7 Å². The molecule has 2 rings (SSSR count). The third kappa shape index (κ3) is 3.68. The first-order valence-corrected chi connectivity index (χ1v) is 6.74. The third-order valence-corrected chi connectivity index (χ3v) is 3.15. The summed E-state index contributed by atoms with van der Waals surface area (Å²) in [5.41, 5.74) is 4.59. The molecular weight excluding hydrogens is 320 g/mol. The Morgan fingerprint density at radius 2 is 1.95 bits per heavy atom. The van der Waals surface area contributed by atoms with Gasteiger partial charge in [0.05, 0.1) is 11.8 Å². The topological polar surface area (TPSA) is 61.7 Å². The van der Waals surface area contributed by atoms with Crippen LogP contribution >= 0.6 is 15.9 Å². The lowest BCUT2D eigenvalue weighted by molar-refractivity contribution is 0.0952. The Morgan fingerprint density at radius 1 is 1.25 bits per heavy atom. The molecule has 0 radical (unpaired) electrons. The summed E-state index contributed by atoms with van der Waals surface area (Å²) in [6.45, 7) is 2.00. The Morgan fingerprint density at radius 3 is 2.65 bits per heavy atom. The lowest BCUT2D eigenvalue weighted by atomic mass is 10.2. The van der Waals surface area contributed by atoms with Crippen LogP contribution in [0.25, 0.3) is 0 Å². The van der Waals surface area contributed by atoms with Crippen molar-refractivity contribution in [1.29, 1.82) is 0 Å². The maximum absolute atomic E-state index is 11.9. The smallest absolute Gasteiger partial charge is 0.275 e. The number of hydrazone groups is 1. The van der Waals surface area contributed by atoms with E-state index < -0.39 is 5.91 Å². The highest BCUT2D eigenvalue weighted by Gasteiger charge is 2.10. The van der Waals surface area contributed by atoms with Gasteiger partial charge in [0.25, 0.3) is 5.91 Å². The minimum Gasteiger partial charge on any atom is -0.507 e. The number of phenols is 1. The number of benzene rings is 2. The molecular formula is C15H13BrN2O2. The Hall–Kier alpha value is -2.14. The van der Waals surface area contributed by atoms with Crippen molar-refractivity contribution in [2.24, 2.45) is 5.10 Å². The fourth-order valence-corrected chi connectivity index (χ4v) is 1.93. The summed E-state index contributed by atoms with van der Waals surface area (Å²) in [6, 6.07) is 12.4. The van der Waals surface area contributed by atoms with Gasteiger partial charge >= 0.3 is 0 Å². The number of hydrogen-bond donors (Lipinski definition) is 2. The molecule has 1 amide bonds. The van der Waals surface area contributed by atoms with Crippen LogP contribution in [0.4, 0.5) is 0 Å². The van der Waals surface area contributed by atoms with Gasteiger partial charge in [-0.15, -0.1) is 0 Å². The summed E-state index contributed by atoms with van der Waals surface area (Å²) in [5, 5.41) is 13.5. The summed E-state index contributed by atoms with van der Waals surface area (Å²) in [6.07, 6.45) is 1.55. The average Bonchev–Trinajstić information content (AvgIpc) is 2.43. The van der Waals surface area contributed by atoms with Crippen LogP contribution in [0.15, 0.2) is 52.0 Å². The second-order valence-electron chi connectivity index (χ2n) is 4.27. The van der Waals surface area contributed by atoms with Crippen LogP contribution in [0.3, 0.4) is 0 Å². The van der Waals surface area contributed by atoms with E-state index in [4.69, 9.17) is 0 Å². The van der Waals surface area contributed by atoms with Gasteiger partial charge in [-0.1, -0.05) is 45.8 Å². The van der Waals surface area contributed by atoms with Crippen molar-refractivity contribution in [2.75, 3.05) is 0 Å². The number of phenolic OH excluding ortho intramolecular Hbond substituents is 1. The SMILES string of the molecule is Cc1ccc(C=NNC(=O)c2cc(Br)ccc2O)cc1. The minimum absolute atomic E-state index is 0.0868. The molecule has 0 spiro atoms. The average molecular weight is 333 g/mol. The molecule has 0 bridgehead atoms. The van der Waals surface area contributed by atoms with Crippen molar-refractivity contribution >= 4 is 28.1 Å². The summed E-state index contributed by atoms with van der Waals surface area (Å²) >= 11 is 3.25. The largest absolute Gasteiger partial charge is 0.507 e. The number of nitrogens with zero attached hydrogens (tertiary/aromatic N) is 1. The van der Waals surface area contributed by atoms with Crippen LogP contribution < -0.4 is 5.43 Å². The summed E-state index contributed by atoms with van der Waals surface area (Å²) < 4.78 is 0.711. The van der Waals surface area contributed by atoms with Crippen molar-refractivity contribution in [3.05, 3.63) is 63.6 Å². The molecule has 0 aliphatic carbocycles. The van der Waals surface area contributed by atoms with Gasteiger partial charge in [0.2, 0.25) is 0 Å². The van der Waals surface area contributed by atoms with E-state index in [2.05, 4.69) is 26.5 Å². The van der Waals surface area contributed by atoms with E-state index in [9.17, 15) is 9.90 Å². The van der Waals surface area contributed by atoms with Crippen molar-refractivity contribution in [2.45, 2.75) is 6.92 Å². The van der Waals surface area contributed by atoms with Crippen LogP contribution in [0.2, 0.25) is 0 Å². The van der Waals surface area contributed by atoms with Gasteiger partial charge < -0.3 is 5.11 Å². The first-order valence-electron chi connectivity index (χ1n) is 5.95. The van der Waals surface area contributed by atoms with Crippen molar-refractivity contribution in [1.82, 2.24) is 5.43 Å². The van der Waals surface area contributed by atoms with Gasteiger partial charge in [0, 0.05) is 4.47 Å². The number of carbonyl (C=O) groups excluding carboxylic acids is 1. The second kappa shape index (κ2) is 6.34. The molecule has 0 aliphatic heterocycles. The van der Waals surface area contributed by atoms with E-state index in [1.165, 1.54) is 12.1 Å². The lowest BCUT2D eigenvalue weighted by Gasteiger charge is -2.03. The second-order valence-corrected chi connectivity index (χ2v) is 5.19. The predicted octanol–water partition coefficient (Wildman–Crippen LogP) is 3.23. The zero-order valence-corrected chi connectivity index (χ0v) is 12.4. The molecule has 0 saturated heterocycles. The van der Waals surface area contributed by atoms with Gasteiger partial charge in [0.1, 0.15) is 5.75 Å². The fourth-order valence-electron chi connectivity index (χ4n) is 1.57. The Labute approximate surface area is 125 Å². The highest BCUT2D eigenvalue weighted by Crippen LogP contribution is 2.21. The first-order chi connectivity index (χ1) is 9.56. The van der Waals surface area contributed by atoms with Crippen LogP contribution in [-0.2, 0) is 0 Å². The zero-order valence-electron chi connectivity index (χ0n) is 10.8. The molecule has 0 unspecified atom stereocenters. The number of hydrogen-bond acceptors (Lipinski definition) is 3. The van der Waals surface area contributed by atoms with Gasteiger partial charge in [-0.3, -0.25) is 4.79 Å². The molecule has 2 aromatic carbocycles. The fraction of sp³-hybridized carbons (Fsp3) is 0.0667. The normalized spacial score (nSPS) is 10.7. The molecule has 0 aliphatic rings. The standard InChI is InChI=1S/C15H13BrN2O2/c1-10-2-4-11(5-3-10)9-17-18-15(20)13-8-12(16)6-7-14(13)19/h2-9,19H,1H3,(H,18,20). The predicted molar refractivity (Wildman–Crippen MR) is 82.0 cm³/mol. The molecule has 5 heteroatoms. The van der Waals surface area contributed by atoms with E-state index in [-0.39, 0.29) is 11.3 Å². The molecule has 0 fully saturated rings. The molecule has 102 valence electrons. The van der Waals surface area contributed by atoms with E-state index in [1.807, 2.05) is 31.2 Å². The number of nitrogens with one attached hydrogen (secondary N) is 1. The van der Waals surface area contributed by atoms with Crippen LogP contribution in [-0.4, -0.2) is 17.2 Å². The maximum Gasteiger partial charge on any atom is 0.275 e. The number of rotatable bonds is 3. The summed E-state index contributed by atoms with van der Waals surface area (Å²) in [7, 11) is 0. The zero-order chi connectivity index (χ0) is 14.5. The third-order valence-electron chi connectivity index (χ3n) is 2.66. The van der Waals surface area contributed by atoms with Crippen LogP contribution in [0.5, 0.6) is 5.75 Å². The molecule has 20 heavy (non-hydrogen) atoms. The van der Waals surface area contributed by atoms with E-state index in [0.717, 1.165) is 11.1 Å². The molecule has 2 N–H and O–H groups in total. The van der Waals surface area contributed by atoms with E-state index in [0.29, 0.717) is 4.47 Å². The number of amides is 1. The maximum atomic E-state index is 11.9. The first kappa shape index (κ1) is 14.3. The lowest BCUT2D eigenvalue weighted by Crippen LogP contribution is -2.17. The Kier molecular flexibility index (Phi) is 4.53.